The largest absolute Gasteiger partial charge is 0.456 e. The molecule has 0 spiro atoms. The Hall–Kier alpha value is -0.660. The molecule has 1 aliphatic rings. The van der Waals surface area contributed by atoms with Gasteiger partial charge in [-0.05, 0) is 18.6 Å². The number of alkyl halides is 1. The topological polar surface area (TPSA) is 44.8 Å². The van der Waals surface area contributed by atoms with Crippen LogP contribution in [0, 0.1) is 0 Å². The second kappa shape index (κ2) is 7.21. The zero-order chi connectivity index (χ0) is 13.7. The van der Waals surface area contributed by atoms with Gasteiger partial charge in [-0.2, -0.15) is 0 Å². The first-order valence-electron chi connectivity index (χ1n) is 6.25. The van der Waals surface area contributed by atoms with Gasteiger partial charge in [0.2, 0.25) is 0 Å². The number of carbonyl (C=O) groups excluding carboxylic acids is 1. The summed E-state index contributed by atoms with van der Waals surface area (Å²) in [5.41, 5.74) is 0.573. The molecule has 5 heteroatoms. The number of hydrogen-bond acceptors (Lipinski definition) is 4. The minimum absolute atomic E-state index is 0.105. The van der Waals surface area contributed by atoms with Gasteiger partial charge in [0.1, 0.15) is 12.2 Å². The number of hydrogen-bond donors (Lipinski definition) is 0. The molecule has 0 saturated carbocycles. The third kappa shape index (κ3) is 3.90. The lowest BCUT2D eigenvalue weighted by molar-refractivity contribution is -0.204. The third-order valence-electron chi connectivity index (χ3n) is 3.11. The van der Waals surface area contributed by atoms with E-state index in [-0.39, 0.29) is 24.5 Å². The van der Waals surface area contributed by atoms with Gasteiger partial charge in [-0.15, -0.1) is 0 Å². The molecule has 0 N–H and O–H groups in total. The highest BCUT2D eigenvalue weighted by Gasteiger charge is 2.33. The van der Waals surface area contributed by atoms with E-state index < -0.39 is 0 Å². The fourth-order valence-electron chi connectivity index (χ4n) is 2.06. The van der Waals surface area contributed by atoms with Crippen molar-refractivity contribution in [2.24, 2.45) is 0 Å². The van der Waals surface area contributed by atoms with Crippen LogP contribution in [0.15, 0.2) is 30.3 Å². The summed E-state index contributed by atoms with van der Waals surface area (Å²) in [7, 11) is 1.63. The van der Waals surface area contributed by atoms with Crippen molar-refractivity contribution < 1.29 is 19.0 Å². The molecule has 1 saturated heterocycles. The monoisotopic (exact) mass is 376 g/mol. The molecule has 3 atom stereocenters. The van der Waals surface area contributed by atoms with Crippen LogP contribution in [0.4, 0.5) is 0 Å². The quantitative estimate of drug-likeness (QED) is 0.461. The average Bonchev–Trinajstić information content (AvgIpc) is 2.48. The molecule has 0 bridgehead atoms. The van der Waals surface area contributed by atoms with E-state index in [0.29, 0.717) is 5.56 Å². The predicted octanol–water partition coefficient (Wildman–Crippen LogP) is 2.80. The fraction of sp³-hybridized carbons (Fsp3) is 0.500. The highest BCUT2D eigenvalue weighted by molar-refractivity contribution is 14.1. The smallest absolute Gasteiger partial charge is 0.338 e. The molecule has 4 nitrogen and oxygen atoms in total. The van der Waals surface area contributed by atoms with E-state index in [9.17, 15) is 4.79 Å². The Morgan fingerprint density at radius 1 is 1.37 bits per heavy atom. The van der Waals surface area contributed by atoms with Gasteiger partial charge in [0.15, 0.2) is 6.29 Å². The van der Waals surface area contributed by atoms with Crippen LogP contribution in [0.2, 0.25) is 0 Å². The van der Waals surface area contributed by atoms with Gasteiger partial charge in [0.25, 0.3) is 0 Å². The summed E-state index contributed by atoms with van der Waals surface area (Å²) < 4.78 is 17.2. The summed E-state index contributed by atoms with van der Waals surface area (Å²) >= 11 is 2.24. The van der Waals surface area contributed by atoms with Gasteiger partial charge in [-0.1, -0.05) is 40.8 Å². The maximum Gasteiger partial charge on any atom is 0.338 e. The van der Waals surface area contributed by atoms with E-state index in [0.717, 1.165) is 17.3 Å². The maximum atomic E-state index is 12.0. The minimum Gasteiger partial charge on any atom is -0.456 e. The van der Waals surface area contributed by atoms with Gasteiger partial charge >= 0.3 is 5.97 Å². The Morgan fingerprint density at radius 3 is 2.74 bits per heavy atom. The van der Waals surface area contributed by atoms with E-state index >= 15 is 0 Å². The number of halogens is 1. The SMILES string of the molecule is CO[C@@H]1CC[C@H](OC(=O)c2ccccc2)[C@@H](CI)O1. The van der Waals surface area contributed by atoms with Crippen molar-refractivity contribution in [3.63, 3.8) is 0 Å². The van der Waals surface area contributed by atoms with Gasteiger partial charge in [-0.3, -0.25) is 0 Å². The molecule has 19 heavy (non-hydrogen) atoms. The predicted molar refractivity (Wildman–Crippen MR) is 79.4 cm³/mol. The van der Waals surface area contributed by atoms with Crippen LogP contribution in [-0.2, 0) is 14.2 Å². The number of methoxy groups -OCH3 is 1. The van der Waals surface area contributed by atoms with Crippen molar-refractivity contribution in [2.75, 3.05) is 11.5 Å². The molecule has 1 fully saturated rings. The average molecular weight is 376 g/mol. The Bertz CT molecular complexity index is 409. The van der Waals surface area contributed by atoms with Crippen LogP contribution in [0.25, 0.3) is 0 Å². The molecular weight excluding hydrogens is 359 g/mol. The molecule has 2 rings (SSSR count). The summed E-state index contributed by atoms with van der Waals surface area (Å²) in [6.07, 6.45) is 1.02. The van der Waals surface area contributed by atoms with Crippen molar-refractivity contribution >= 4 is 28.6 Å². The summed E-state index contributed by atoms with van der Waals surface area (Å²) in [5.74, 6) is -0.292. The van der Waals surface area contributed by atoms with Crippen LogP contribution in [0.5, 0.6) is 0 Å². The summed E-state index contributed by atoms with van der Waals surface area (Å²) in [5, 5.41) is 0. The van der Waals surface area contributed by atoms with Crippen molar-refractivity contribution in [3.05, 3.63) is 35.9 Å². The number of esters is 1. The Labute approximate surface area is 126 Å². The molecule has 0 radical (unpaired) electrons. The third-order valence-corrected chi connectivity index (χ3v) is 3.98. The van der Waals surface area contributed by atoms with Gasteiger partial charge in [0, 0.05) is 18.0 Å². The second-order valence-corrected chi connectivity index (χ2v) is 5.26. The van der Waals surface area contributed by atoms with E-state index in [2.05, 4.69) is 22.6 Å². The number of ether oxygens (including phenoxy) is 3. The lowest BCUT2D eigenvalue weighted by Gasteiger charge is -2.34. The standard InChI is InChI=1S/C14H17IO4/c1-17-13-8-7-11(12(9-15)18-13)19-14(16)10-5-3-2-4-6-10/h2-6,11-13H,7-9H2,1H3/t11-,12+,13-/m0/s1. The molecule has 0 aromatic heterocycles. The molecule has 0 unspecified atom stereocenters. The van der Waals surface area contributed by atoms with Crippen LogP contribution in [0.3, 0.4) is 0 Å². The highest BCUT2D eigenvalue weighted by Crippen LogP contribution is 2.24. The molecule has 1 heterocycles. The molecular formula is C14H17IO4. The fourth-order valence-corrected chi connectivity index (χ4v) is 2.84. The van der Waals surface area contributed by atoms with Gasteiger partial charge in [0.05, 0.1) is 5.56 Å². The number of carbonyl (C=O) groups is 1. The lowest BCUT2D eigenvalue weighted by Crippen LogP contribution is -2.43. The lowest BCUT2D eigenvalue weighted by atomic mass is 10.1. The van der Waals surface area contributed by atoms with Crippen molar-refractivity contribution in [1.82, 2.24) is 0 Å². The van der Waals surface area contributed by atoms with E-state index in [1.807, 2.05) is 18.2 Å². The van der Waals surface area contributed by atoms with E-state index in [1.54, 1.807) is 19.2 Å². The van der Waals surface area contributed by atoms with Gasteiger partial charge in [-0.25, -0.2) is 4.79 Å². The normalized spacial score (nSPS) is 26.9. The maximum absolute atomic E-state index is 12.0. The second-order valence-electron chi connectivity index (χ2n) is 4.38. The van der Waals surface area contributed by atoms with Crippen LogP contribution in [-0.4, -0.2) is 36.0 Å². The molecule has 0 amide bonds. The molecule has 1 aromatic carbocycles. The zero-order valence-electron chi connectivity index (χ0n) is 10.8. The van der Waals surface area contributed by atoms with Crippen molar-refractivity contribution in [3.8, 4) is 0 Å². The first-order chi connectivity index (χ1) is 9.24. The minimum atomic E-state index is -0.292. The van der Waals surface area contributed by atoms with Crippen molar-refractivity contribution in [1.29, 1.82) is 0 Å². The first kappa shape index (κ1) is 14.7. The van der Waals surface area contributed by atoms with Gasteiger partial charge < -0.3 is 14.2 Å². The molecule has 104 valence electrons. The van der Waals surface area contributed by atoms with E-state index in [1.165, 1.54) is 0 Å². The van der Waals surface area contributed by atoms with E-state index in [4.69, 9.17) is 14.2 Å². The summed E-state index contributed by atoms with van der Waals surface area (Å²) in [6.45, 7) is 0. The van der Waals surface area contributed by atoms with Crippen molar-refractivity contribution in [2.45, 2.75) is 31.3 Å². The zero-order valence-corrected chi connectivity index (χ0v) is 12.9. The number of benzene rings is 1. The van der Waals surface area contributed by atoms with Crippen LogP contribution >= 0.6 is 22.6 Å². The summed E-state index contributed by atoms with van der Waals surface area (Å²) in [6, 6.07) is 9.03. The van der Waals surface area contributed by atoms with Crippen LogP contribution in [0.1, 0.15) is 23.2 Å². The first-order valence-corrected chi connectivity index (χ1v) is 7.77. The van der Waals surface area contributed by atoms with Crippen LogP contribution < -0.4 is 0 Å². The Balaban J connectivity index is 1.96. The number of rotatable bonds is 4. The molecule has 0 aliphatic carbocycles. The molecule has 1 aromatic rings. The Kier molecular flexibility index (Phi) is 5.59. The molecule has 1 aliphatic heterocycles. The highest BCUT2D eigenvalue weighted by atomic mass is 127. The Morgan fingerprint density at radius 2 is 2.11 bits per heavy atom. The summed E-state index contributed by atoms with van der Waals surface area (Å²) in [4.78, 5) is 12.0.